The van der Waals surface area contributed by atoms with Gasteiger partial charge in [-0.15, -0.1) is 0 Å². The average molecular weight is 396 g/mol. The number of hydrogen-bond acceptors (Lipinski definition) is 4. The van der Waals surface area contributed by atoms with E-state index in [1.54, 1.807) is 38.1 Å². The predicted octanol–water partition coefficient (Wildman–Crippen LogP) is 1.97. The van der Waals surface area contributed by atoms with Crippen LogP contribution in [0.3, 0.4) is 0 Å². The van der Waals surface area contributed by atoms with Gasteiger partial charge in [0.2, 0.25) is 15.9 Å². The van der Waals surface area contributed by atoms with E-state index in [9.17, 15) is 18.0 Å². The molecule has 0 spiro atoms. The van der Waals surface area contributed by atoms with Crippen LogP contribution in [0.15, 0.2) is 41.3 Å². The van der Waals surface area contributed by atoms with Crippen molar-refractivity contribution in [3.63, 3.8) is 0 Å². The second-order valence-electron chi connectivity index (χ2n) is 5.67. The number of hydrogen-bond donors (Lipinski definition) is 3. The topological polar surface area (TPSA) is 118 Å². The van der Waals surface area contributed by atoms with Crippen molar-refractivity contribution in [3.8, 4) is 0 Å². The van der Waals surface area contributed by atoms with Gasteiger partial charge in [-0.25, -0.2) is 13.6 Å². The maximum Gasteiger partial charge on any atom is 0.253 e. The summed E-state index contributed by atoms with van der Waals surface area (Å²) in [5, 5.41) is 10.5. The van der Waals surface area contributed by atoms with Gasteiger partial charge in [0.25, 0.3) is 5.91 Å². The summed E-state index contributed by atoms with van der Waals surface area (Å²) in [5.41, 5.74) is 1.92. The predicted molar refractivity (Wildman–Crippen MR) is 99.7 cm³/mol. The number of anilines is 1. The minimum absolute atomic E-state index is 0.101. The van der Waals surface area contributed by atoms with E-state index in [1.165, 1.54) is 12.1 Å². The fourth-order valence-electron chi connectivity index (χ4n) is 2.22. The van der Waals surface area contributed by atoms with Gasteiger partial charge in [0.05, 0.1) is 22.0 Å². The molecule has 0 fully saturated rings. The summed E-state index contributed by atoms with van der Waals surface area (Å²) in [5.74, 6) is -1.00. The van der Waals surface area contributed by atoms with Crippen molar-refractivity contribution in [2.24, 2.45) is 5.14 Å². The molecule has 7 nitrogen and oxygen atoms in total. The number of sulfonamides is 1. The monoisotopic (exact) mass is 395 g/mol. The van der Waals surface area contributed by atoms with Crippen molar-refractivity contribution < 1.29 is 18.0 Å². The van der Waals surface area contributed by atoms with Gasteiger partial charge in [-0.05, 0) is 49.2 Å². The molecule has 138 valence electrons. The Hall–Kier alpha value is -2.42. The molecule has 2 rings (SSSR count). The maximum absolute atomic E-state index is 12.1. The van der Waals surface area contributed by atoms with Crippen LogP contribution in [-0.4, -0.2) is 26.8 Å². The Labute approximate surface area is 156 Å². The Balaban J connectivity index is 2.10. The normalized spacial score (nSPS) is 11.1. The van der Waals surface area contributed by atoms with Crippen LogP contribution in [0, 0.1) is 13.8 Å². The molecule has 2 amide bonds. The van der Waals surface area contributed by atoms with Crippen molar-refractivity contribution >= 4 is 39.1 Å². The van der Waals surface area contributed by atoms with E-state index >= 15 is 0 Å². The first-order valence-corrected chi connectivity index (χ1v) is 9.48. The first-order chi connectivity index (χ1) is 12.1. The first kappa shape index (κ1) is 19.9. The SMILES string of the molecule is Cc1cc(S(N)(=O)=O)cc(NC(=O)CNC(=O)c2ccccc2Cl)c1C. The molecule has 0 aliphatic heterocycles. The molecule has 0 atom stereocenters. The van der Waals surface area contributed by atoms with Gasteiger partial charge >= 0.3 is 0 Å². The highest BCUT2D eigenvalue weighted by Gasteiger charge is 2.15. The molecule has 0 aliphatic rings. The third kappa shape index (κ3) is 4.81. The fourth-order valence-corrected chi connectivity index (χ4v) is 3.06. The smallest absolute Gasteiger partial charge is 0.253 e. The van der Waals surface area contributed by atoms with Crippen LogP contribution in [0.5, 0.6) is 0 Å². The maximum atomic E-state index is 12.1. The van der Waals surface area contributed by atoms with Crippen molar-refractivity contribution in [2.75, 3.05) is 11.9 Å². The molecular formula is C17H18ClN3O4S. The number of benzene rings is 2. The lowest BCUT2D eigenvalue weighted by Gasteiger charge is -2.13. The molecule has 0 saturated carbocycles. The lowest BCUT2D eigenvalue weighted by molar-refractivity contribution is -0.115. The van der Waals surface area contributed by atoms with Crippen LogP contribution in [0.25, 0.3) is 0 Å². The van der Waals surface area contributed by atoms with E-state index < -0.39 is 21.8 Å². The van der Waals surface area contributed by atoms with Gasteiger partial charge in [0.15, 0.2) is 0 Å². The lowest BCUT2D eigenvalue weighted by atomic mass is 10.1. The van der Waals surface area contributed by atoms with Crippen molar-refractivity contribution in [2.45, 2.75) is 18.7 Å². The Morgan fingerprint density at radius 3 is 2.42 bits per heavy atom. The number of carbonyl (C=O) groups excluding carboxylic acids is 2. The molecule has 4 N–H and O–H groups in total. The van der Waals surface area contributed by atoms with Crippen LogP contribution in [0.4, 0.5) is 5.69 Å². The Morgan fingerprint density at radius 1 is 1.15 bits per heavy atom. The van der Waals surface area contributed by atoms with Gasteiger partial charge in [0.1, 0.15) is 0 Å². The zero-order valence-corrected chi connectivity index (χ0v) is 15.7. The summed E-state index contributed by atoms with van der Waals surface area (Å²) in [6, 6.07) is 9.17. The quantitative estimate of drug-likeness (QED) is 0.717. The van der Waals surface area contributed by atoms with Gasteiger partial charge in [-0.1, -0.05) is 23.7 Å². The van der Waals surface area contributed by atoms with Gasteiger partial charge < -0.3 is 10.6 Å². The van der Waals surface area contributed by atoms with Crippen LogP contribution in [0.1, 0.15) is 21.5 Å². The van der Waals surface area contributed by atoms with Crippen molar-refractivity contribution in [1.29, 1.82) is 0 Å². The molecule has 0 bridgehead atoms. The summed E-state index contributed by atoms with van der Waals surface area (Å²) in [6.45, 7) is 3.14. The molecule has 9 heteroatoms. The minimum atomic E-state index is -3.90. The van der Waals surface area contributed by atoms with Gasteiger partial charge in [-0.2, -0.15) is 0 Å². The van der Waals surface area contributed by atoms with E-state index in [4.69, 9.17) is 16.7 Å². The Bertz CT molecular complexity index is 974. The molecule has 0 heterocycles. The first-order valence-electron chi connectivity index (χ1n) is 7.56. The second kappa shape index (κ2) is 7.86. The van der Waals surface area contributed by atoms with Crippen LogP contribution in [0.2, 0.25) is 5.02 Å². The molecule has 0 saturated heterocycles. The molecular weight excluding hydrogens is 378 g/mol. The second-order valence-corrected chi connectivity index (χ2v) is 7.64. The van der Waals surface area contributed by atoms with Crippen molar-refractivity contribution in [3.05, 3.63) is 58.1 Å². The zero-order valence-electron chi connectivity index (χ0n) is 14.2. The van der Waals surface area contributed by atoms with Crippen LogP contribution < -0.4 is 15.8 Å². The summed E-state index contributed by atoms with van der Waals surface area (Å²) < 4.78 is 23.1. The third-order valence-corrected chi connectivity index (χ3v) is 4.99. The molecule has 0 unspecified atom stereocenters. The van der Waals surface area contributed by atoms with E-state index in [0.29, 0.717) is 16.8 Å². The molecule has 2 aromatic carbocycles. The molecule has 26 heavy (non-hydrogen) atoms. The van der Waals surface area contributed by atoms with E-state index in [2.05, 4.69) is 10.6 Å². The summed E-state index contributed by atoms with van der Waals surface area (Å²) in [4.78, 5) is 24.1. The summed E-state index contributed by atoms with van der Waals surface area (Å²) in [6.07, 6.45) is 0. The summed E-state index contributed by atoms with van der Waals surface area (Å²) >= 11 is 5.93. The highest BCUT2D eigenvalue weighted by molar-refractivity contribution is 7.89. The fraction of sp³-hybridized carbons (Fsp3) is 0.176. The number of nitrogens with one attached hydrogen (secondary N) is 2. The number of aryl methyl sites for hydroxylation is 1. The highest BCUT2D eigenvalue weighted by atomic mass is 35.5. The number of nitrogens with two attached hydrogens (primary N) is 1. The van der Waals surface area contributed by atoms with E-state index in [-0.39, 0.29) is 22.0 Å². The van der Waals surface area contributed by atoms with Crippen molar-refractivity contribution in [1.82, 2.24) is 5.32 Å². The van der Waals surface area contributed by atoms with Crippen LogP contribution in [-0.2, 0) is 14.8 Å². The van der Waals surface area contributed by atoms with E-state index in [1.807, 2.05) is 0 Å². The van der Waals surface area contributed by atoms with Gasteiger partial charge in [-0.3, -0.25) is 9.59 Å². The largest absolute Gasteiger partial charge is 0.343 e. The zero-order chi connectivity index (χ0) is 19.5. The number of primary sulfonamides is 1. The summed E-state index contributed by atoms with van der Waals surface area (Å²) in [7, 11) is -3.90. The highest BCUT2D eigenvalue weighted by Crippen LogP contribution is 2.23. The third-order valence-electron chi connectivity index (χ3n) is 3.77. The number of rotatable bonds is 5. The Morgan fingerprint density at radius 2 is 1.81 bits per heavy atom. The minimum Gasteiger partial charge on any atom is -0.343 e. The number of halogens is 1. The number of amides is 2. The molecule has 0 aromatic heterocycles. The Kier molecular flexibility index (Phi) is 6.01. The van der Waals surface area contributed by atoms with Crippen LogP contribution >= 0.6 is 11.6 Å². The molecule has 0 aliphatic carbocycles. The lowest BCUT2D eigenvalue weighted by Crippen LogP contribution is -2.33. The molecule has 2 aromatic rings. The number of carbonyl (C=O) groups is 2. The van der Waals surface area contributed by atoms with E-state index in [0.717, 1.165) is 0 Å². The average Bonchev–Trinajstić information content (AvgIpc) is 2.56. The van der Waals surface area contributed by atoms with Gasteiger partial charge in [0, 0.05) is 5.69 Å². The molecule has 0 radical (unpaired) electrons. The standard InChI is InChI=1S/C17H18ClN3O4S/c1-10-7-12(26(19,24)25)8-15(11(10)2)21-16(22)9-20-17(23)13-5-3-4-6-14(13)18/h3-8H,9H2,1-2H3,(H,20,23)(H,21,22)(H2,19,24,25).